The van der Waals surface area contributed by atoms with Gasteiger partial charge in [0.15, 0.2) is 0 Å². The highest BCUT2D eigenvalue weighted by Crippen LogP contribution is 2.08. The zero-order valence-electron chi connectivity index (χ0n) is 13.2. The number of carbonyl (C=O) groups is 1. The number of carboxylic acids is 1. The van der Waals surface area contributed by atoms with Crippen LogP contribution in [0.5, 0.6) is 0 Å². The van der Waals surface area contributed by atoms with Crippen molar-refractivity contribution in [3.8, 4) is 0 Å². The summed E-state index contributed by atoms with van der Waals surface area (Å²) >= 11 is 0. The van der Waals surface area contributed by atoms with E-state index in [0.717, 1.165) is 19.3 Å². The Morgan fingerprint density at radius 2 is 1.35 bits per heavy atom. The Balaban J connectivity index is 3.18. The molecule has 0 saturated heterocycles. The lowest BCUT2D eigenvalue weighted by Gasteiger charge is -1.98. The molecule has 0 bridgehead atoms. The summed E-state index contributed by atoms with van der Waals surface area (Å²) in [5.41, 5.74) is 3.27. The molecule has 0 fully saturated rings. The predicted octanol–water partition coefficient (Wildman–Crippen LogP) is 5.87. The van der Waals surface area contributed by atoms with Gasteiger partial charge in [-0.3, -0.25) is 4.79 Å². The molecule has 0 aliphatic heterocycles. The molecule has 0 atom stereocenters. The minimum absolute atomic E-state index is 0.325. The lowest BCUT2D eigenvalue weighted by Crippen LogP contribution is -1.93. The van der Waals surface area contributed by atoms with Gasteiger partial charge in [-0.15, -0.1) is 5.73 Å². The topological polar surface area (TPSA) is 37.3 Å². The molecule has 0 aromatic carbocycles. The maximum Gasteiger partial charge on any atom is 0.303 e. The van der Waals surface area contributed by atoms with Gasteiger partial charge in [0.05, 0.1) is 0 Å². The number of hydrogen-bond acceptors (Lipinski definition) is 1. The fourth-order valence-electron chi connectivity index (χ4n) is 2.15. The van der Waals surface area contributed by atoms with Crippen LogP contribution in [0.3, 0.4) is 0 Å². The van der Waals surface area contributed by atoms with Crippen molar-refractivity contribution in [3.05, 3.63) is 17.9 Å². The standard InChI is InChI=1S/C18H32O2/c1-2-3-4-5-6-7-8-9-10-11-12-13-14-15-16-17-18(19)20/h7,9H,2-6,10-17H2,1H3,(H,19,20). The summed E-state index contributed by atoms with van der Waals surface area (Å²) in [6, 6.07) is 0. The molecule has 116 valence electrons. The Morgan fingerprint density at radius 1 is 0.850 bits per heavy atom. The Kier molecular flexibility index (Phi) is 15.2. The van der Waals surface area contributed by atoms with E-state index in [2.05, 4.69) is 24.8 Å². The monoisotopic (exact) mass is 280 g/mol. The average molecular weight is 280 g/mol. The summed E-state index contributed by atoms with van der Waals surface area (Å²) in [4.78, 5) is 10.3. The van der Waals surface area contributed by atoms with Crippen LogP contribution >= 0.6 is 0 Å². The third-order valence-electron chi connectivity index (χ3n) is 3.43. The number of aliphatic carboxylic acids is 1. The van der Waals surface area contributed by atoms with Crippen molar-refractivity contribution < 1.29 is 9.90 Å². The van der Waals surface area contributed by atoms with Gasteiger partial charge in [0.2, 0.25) is 0 Å². The van der Waals surface area contributed by atoms with Gasteiger partial charge in [-0.05, 0) is 44.3 Å². The first-order valence-electron chi connectivity index (χ1n) is 8.38. The number of rotatable bonds is 14. The molecule has 0 aliphatic carbocycles. The molecule has 0 heterocycles. The molecule has 0 aromatic rings. The van der Waals surface area contributed by atoms with Crippen LogP contribution in [0.2, 0.25) is 0 Å². The van der Waals surface area contributed by atoms with Crippen molar-refractivity contribution in [1.29, 1.82) is 0 Å². The Labute approximate surface area is 125 Å². The first kappa shape index (κ1) is 19.0. The fourth-order valence-corrected chi connectivity index (χ4v) is 2.15. The molecule has 0 unspecified atom stereocenters. The van der Waals surface area contributed by atoms with Gasteiger partial charge in [-0.1, -0.05) is 51.9 Å². The highest BCUT2D eigenvalue weighted by atomic mass is 16.4. The van der Waals surface area contributed by atoms with Gasteiger partial charge in [-0.2, -0.15) is 0 Å². The van der Waals surface area contributed by atoms with Crippen LogP contribution in [0.25, 0.3) is 0 Å². The van der Waals surface area contributed by atoms with E-state index in [-0.39, 0.29) is 0 Å². The van der Waals surface area contributed by atoms with E-state index in [0.29, 0.717) is 6.42 Å². The Hall–Kier alpha value is -1.01. The molecule has 0 rings (SSSR count). The first-order chi connectivity index (χ1) is 9.77. The summed E-state index contributed by atoms with van der Waals surface area (Å²) in [5.74, 6) is -0.670. The van der Waals surface area contributed by atoms with Crippen LogP contribution in [0, 0.1) is 0 Å². The van der Waals surface area contributed by atoms with E-state index < -0.39 is 5.97 Å². The molecule has 0 aliphatic rings. The van der Waals surface area contributed by atoms with Crippen molar-refractivity contribution in [3.63, 3.8) is 0 Å². The first-order valence-corrected chi connectivity index (χ1v) is 8.38. The van der Waals surface area contributed by atoms with E-state index in [4.69, 9.17) is 5.11 Å². The summed E-state index contributed by atoms with van der Waals surface area (Å²) in [5, 5.41) is 8.50. The molecule has 20 heavy (non-hydrogen) atoms. The van der Waals surface area contributed by atoms with Crippen molar-refractivity contribution in [1.82, 2.24) is 0 Å². The van der Waals surface area contributed by atoms with Crippen LogP contribution in [0.4, 0.5) is 0 Å². The van der Waals surface area contributed by atoms with Crippen molar-refractivity contribution in [2.45, 2.75) is 90.4 Å². The second-order valence-electron chi connectivity index (χ2n) is 5.48. The molecule has 0 saturated carbocycles. The lowest BCUT2D eigenvalue weighted by molar-refractivity contribution is -0.137. The predicted molar refractivity (Wildman–Crippen MR) is 86.0 cm³/mol. The maximum atomic E-state index is 10.3. The third-order valence-corrected chi connectivity index (χ3v) is 3.43. The lowest BCUT2D eigenvalue weighted by atomic mass is 10.1. The Morgan fingerprint density at radius 3 is 1.90 bits per heavy atom. The summed E-state index contributed by atoms with van der Waals surface area (Å²) in [7, 11) is 0. The molecular formula is C18H32O2. The normalized spacial score (nSPS) is 10.1. The quantitative estimate of drug-likeness (QED) is 0.319. The van der Waals surface area contributed by atoms with Gasteiger partial charge >= 0.3 is 5.97 Å². The smallest absolute Gasteiger partial charge is 0.303 e. The molecule has 1 N–H and O–H groups in total. The van der Waals surface area contributed by atoms with E-state index in [1.165, 1.54) is 57.8 Å². The van der Waals surface area contributed by atoms with Crippen molar-refractivity contribution in [2.24, 2.45) is 0 Å². The second-order valence-corrected chi connectivity index (χ2v) is 5.48. The van der Waals surface area contributed by atoms with Gasteiger partial charge in [-0.25, -0.2) is 0 Å². The van der Waals surface area contributed by atoms with Crippen molar-refractivity contribution >= 4 is 5.97 Å². The van der Waals surface area contributed by atoms with Crippen LogP contribution in [-0.2, 0) is 4.79 Å². The second kappa shape index (κ2) is 16.0. The third kappa shape index (κ3) is 17.0. The molecule has 0 aromatic heterocycles. The van der Waals surface area contributed by atoms with E-state index >= 15 is 0 Å². The zero-order valence-corrected chi connectivity index (χ0v) is 13.2. The number of allylic oxidation sites excluding steroid dienone is 1. The summed E-state index contributed by atoms with van der Waals surface area (Å²) < 4.78 is 0. The highest BCUT2D eigenvalue weighted by Gasteiger charge is 1.95. The average Bonchev–Trinajstić information content (AvgIpc) is 2.43. The van der Waals surface area contributed by atoms with Gasteiger partial charge in [0, 0.05) is 6.42 Å². The van der Waals surface area contributed by atoms with Gasteiger partial charge in [0.25, 0.3) is 0 Å². The van der Waals surface area contributed by atoms with Crippen LogP contribution in [0.1, 0.15) is 90.4 Å². The van der Waals surface area contributed by atoms with E-state index in [9.17, 15) is 4.79 Å². The molecule has 0 amide bonds. The SMILES string of the molecule is CCCCCCC=C=CCCCCCCCCC(=O)O. The Bertz CT molecular complexity index is 275. The molecule has 0 radical (unpaired) electrons. The number of carboxylic acid groups (broad SMARTS) is 1. The number of unbranched alkanes of at least 4 members (excludes halogenated alkanes) is 10. The van der Waals surface area contributed by atoms with Crippen molar-refractivity contribution in [2.75, 3.05) is 0 Å². The molecule has 0 spiro atoms. The van der Waals surface area contributed by atoms with Gasteiger partial charge in [0.1, 0.15) is 0 Å². The van der Waals surface area contributed by atoms with Crippen LogP contribution in [-0.4, -0.2) is 11.1 Å². The van der Waals surface area contributed by atoms with Crippen LogP contribution < -0.4 is 0 Å². The minimum atomic E-state index is -0.670. The molecular weight excluding hydrogens is 248 g/mol. The fraction of sp³-hybridized carbons (Fsp3) is 0.778. The summed E-state index contributed by atoms with van der Waals surface area (Å²) in [6.45, 7) is 2.24. The van der Waals surface area contributed by atoms with Crippen LogP contribution in [0.15, 0.2) is 17.9 Å². The molecule has 2 heteroatoms. The van der Waals surface area contributed by atoms with E-state index in [1.807, 2.05) is 0 Å². The number of hydrogen-bond donors (Lipinski definition) is 1. The van der Waals surface area contributed by atoms with E-state index in [1.54, 1.807) is 0 Å². The summed E-state index contributed by atoms with van der Waals surface area (Å²) in [6.07, 6.45) is 19.0. The van der Waals surface area contributed by atoms with Gasteiger partial charge < -0.3 is 5.11 Å². The zero-order chi connectivity index (χ0) is 14.9. The maximum absolute atomic E-state index is 10.3. The molecule has 2 nitrogen and oxygen atoms in total. The highest BCUT2D eigenvalue weighted by molar-refractivity contribution is 5.66. The minimum Gasteiger partial charge on any atom is -0.481 e. The largest absolute Gasteiger partial charge is 0.481 e.